The highest BCUT2D eigenvalue weighted by molar-refractivity contribution is 5.77. The van der Waals surface area contributed by atoms with Crippen LogP contribution in [-0.2, 0) is 16.0 Å². The first-order valence-corrected chi connectivity index (χ1v) is 8.06. The van der Waals surface area contributed by atoms with E-state index in [0.29, 0.717) is 19.3 Å². The molecule has 3 rings (SSSR count). The van der Waals surface area contributed by atoms with E-state index in [4.69, 9.17) is 4.74 Å². The fraction of sp³-hybridized carbons (Fsp3) is 0.647. The average Bonchev–Trinajstić information content (AvgIpc) is 2.93. The zero-order valence-electron chi connectivity index (χ0n) is 13.1. The summed E-state index contributed by atoms with van der Waals surface area (Å²) in [7, 11) is 1.73. The summed E-state index contributed by atoms with van der Waals surface area (Å²) in [4.78, 5) is 18.6. The molecular weight excluding hydrogens is 280 g/mol. The summed E-state index contributed by atoms with van der Waals surface area (Å²) in [6.07, 6.45) is 7.52. The molecule has 2 aliphatic rings. The standard InChI is InChI=1S/C17H24N2O3/c1-22-17-7-6-14(20)11-15(17)19(10-8-17)16(21)5-4-13-3-2-9-18-12-13/h2-3,9,12,14-15,20H,4-8,10-11H2,1H3/t14-,15-,17+/m1/s1. The number of likely N-dealkylation sites (tertiary alicyclic amines) is 1. The summed E-state index contributed by atoms with van der Waals surface area (Å²) in [6, 6.07) is 3.90. The second-order valence-corrected chi connectivity index (χ2v) is 6.41. The van der Waals surface area contributed by atoms with Crippen LogP contribution < -0.4 is 0 Å². The van der Waals surface area contributed by atoms with Crippen LogP contribution in [0.25, 0.3) is 0 Å². The molecule has 0 spiro atoms. The molecule has 1 saturated heterocycles. The summed E-state index contributed by atoms with van der Waals surface area (Å²) >= 11 is 0. The molecule has 1 N–H and O–H groups in total. The first-order chi connectivity index (χ1) is 10.6. The van der Waals surface area contributed by atoms with E-state index < -0.39 is 0 Å². The summed E-state index contributed by atoms with van der Waals surface area (Å²) in [6.45, 7) is 0.733. The minimum atomic E-state index is -0.319. The lowest BCUT2D eigenvalue weighted by molar-refractivity contribution is -0.139. The Hall–Kier alpha value is -1.46. The number of fused-ring (bicyclic) bond motifs is 1. The number of aliphatic hydroxyl groups is 1. The van der Waals surface area contributed by atoms with E-state index in [-0.39, 0.29) is 23.7 Å². The molecule has 5 nitrogen and oxygen atoms in total. The number of amides is 1. The number of aliphatic hydroxyl groups excluding tert-OH is 1. The molecule has 1 aromatic rings. The highest BCUT2D eigenvalue weighted by Gasteiger charge is 2.52. The molecule has 0 aromatic carbocycles. The van der Waals surface area contributed by atoms with Gasteiger partial charge in [0.1, 0.15) is 0 Å². The zero-order chi connectivity index (χ0) is 15.6. The number of pyridine rings is 1. The smallest absolute Gasteiger partial charge is 0.223 e. The van der Waals surface area contributed by atoms with Gasteiger partial charge in [-0.05, 0) is 43.7 Å². The van der Waals surface area contributed by atoms with Crippen molar-refractivity contribution in [2.75, 3.05) is 13.7 Å². The number of nitrogens with zero attached hydrogens (tertiary/aromatic N) is 2. The quantitative estimate of drug-likeness (QED) is 0.916. The number of ether oxygens (including phenoxy) is 1. The van der Waals surface area contributed by atoms with Crippen molar-refractivity contribution in [2.45, 2.75) is 56.3 Å². The van der Waals surface area contributed by atoms with Gasteiger partial charge in [0.25, 0.3) is 0 Å². The summed E-state index contributed by atoms with van der Waals surface area (Å²) in [5.41, 5.74) is 0.833. The van der Waals surface area contributed by atoms with Gasteiger partial charge in [-0.1, -0.05) is 6.07 Å². The fourth-order valence-corrected chi connectivity index (χ4v) is 3.92. The number of carbonyl (C=O) groups excluding carboxylic acids is 1. The fourth-order valence-electron chi connectivity index (χ4n) is 3.92. The zero-order valence-corrected chi connectivity index (χ0v) is 13.1. The topological polar surface area (TPSA) is 62.7 Å². The highest BCUT2D eigenvalue weighted by Crippen LogP contribution is 2.42. The Morgan fingerprint density at radius 2 is 2.41 bits per heavy atom. The Balaban J connectivity index is 1.65. The minimum Gasteiger partial charge on any atom is -0.393 e. The first-order valence-electron chi connectivity index (χ1n) is 8.06. The molecule has 22 heavy (non-hydrogen) atoms. The third-order valence-corrected chi connectivity index (χ3v) is 5.23. The molecule has 0 bridgehead atoms. The lowest BCUT2D eigenvalue weighted by Crippen LogP contribution is -2.52. The molecule has 2 fully saturated rings. The average molecular weight is 304 g/mol. The Bertz CT molecular complexity index is 522. The van der Waals surface area contributed by atoms with Gasteiger partial charge in [-0.2, -0.15) is 0 Å². The van der Waals surface area contributed by atoms with Crippen molar-refractivity contribution < 1.29 is 14.6 Å². The lowest BCUT2D eigenvalue weighted by Gasteiger charge is -2.42. The van der Waals surface area contributed by atoms with Crippen molar-refractivity contribution in [3.63, 3.8) is 0 Å². The SMILES string of the molecule is CO[C@]12CC[C@@H](O)C[C@H]1N(C(=O)CCc1cccnc1)CC2. The van der Waals surface area contributed by atoms with Crippen molar-refractivity contribution in [2.24, 2.45) is 0 Å². The Morgan fingerprint density at radius 1 is 1.55 bits per heavy atom. The van der Waals surface area contributed by atoms with E-state index in [1.807, 2.05) is 17.0 Å². The van der Waals surface area contributed by atoms with Crippen LogP contribution in [0.4, 0.5) is 0 Å². The molecule has 1 saturated carbocycles. The summed E-state index contributed by atoms with van der Waals surface area (Å²) in [5, 5.41) is 9.97. The maximum Gasteiger partial charge on any atom is 0.223 e. The van der Waals surface area contributed by atoms with Crippen LogP contribution in [0.2, 0.25) is 0 Å². The predicted octanol–water partition coefficient (Wildman–Crippen LogP) is 1.55. The second kappa shape index (κ2) is 6.34. The van der Waals surface area contributed by atoms with Gasteiger partial charge in [0.05, 0.1) is 17.7 Å². The molecule has 5 heteroatoms. The van der Waals surface area contributed by atoms with E-state index in [9.17, 15) is 9.90 Å². The normalized spacial score (nSPS) is 31.1. The van der Waals surface area contributed by atoms with E-state index in [1.54, 1.807) is 19.5 Å². The third-order valence-electron chi connectivity index (χ3n) is 5.23. The maximum absolute atomic E-state index is 12.6. The Kier molecular flexibility index (Phi) is 4.45. The number of aryl methyl sites for hydroxylation is 1. The second-order valence-electron chi connectivity index (χ2n) is 6.41. The van der Waals surface area contributed by atoms with Crippen LogP contribution in [0, 0.1) is 0 Å². The molecule has 0 radical (unpaired) electrons. The molecule has 1 aliphatic carbocycles. The first kappa shape index (κ1) is 15.4. The molecule has 3 atom stereocenters. The largest absolute Gasteiger partial charge is 0.393 e. The van der Waals surface area contributed by atoms with Gasteiger partial charge in [-0.25, -0.2) is 0 Å². The van der Waals surface area contributed by atoms with Crippen LogP contribution in [-0.4, -0.2) is 52.3 Å². The van der Waals surface area contributed by atoms with Crippen LogP contribution in [0.15, 0.2) is 24.5 Å². The van der Waals surface area contributed by atoms with Gasteiger partial charge in [0.2, 0.25) is 5.91 Å². The van der Waals surface area contributed by atoms with Crippen LogP contribution in [0.3, 0.4) is 0 Å². The molecule has 1 aromatic heterocycles. The highest BCUT2D eigenvalue weighted by atomic mass is 16.5. The summed E-state index contributed by atoms with van der Waals surface area (Å²) in [5.74, 6) is 0.155. The predicted molar refractivity (Wildman–Crippen MR) is 82.3 cm³/mol. The van der Waals surface area contributed by atoms with Gasteiger partial charge < -0.3 is 14.7 Å². The van der Waals surface area contributed by atoms with Crippen molar-refractivity contribution in [3.05, 3.63) is 30.1 Å². The van der Waals surface area contributed by atoms with Gasteiger partial charge in [0, 0.05) is 32.5 Å². The Labute approximate surface area is 131 Å². The summed E-state index contributed by atoms with van der Waals surface area (Å²) < 4.78 is 5.78. The molecule has 1 amide bonds. The van der Waals surface area contributed by atoms with Gasteiger partial charge in [0.15, 0.2) is 0 Å². The van der Waals surface area contributed by atoms with Crippen molar-refractivity contribution in [1.29, 1.82) is 0 Å². The van der Waals surface area contributed by atoms with Crippen LogP contribution >= 0.6 is 0 Å². The van der Waals surface area contributed by atoms with Crippen molar-refractivity contribution in [3.8, 4) is 0 Å². The van der Waals surface area contributed by atoms with Crippen molar-refractivity contribution >= 4 is 5.91 Å². The Morgan fingerprint density at radius 3 is 3.14 bits per heavy atom. The molecule has 120 valence electrons. The minimum absolute atomic E-state index is 0.0163. The molecule has 2 heterocycles. The number of hydrogen-bond donors (Lipinski definition) is 1. The monoisotopic (exact) mass is 304 g/mol. The van der Waals surface area contributed by atoms with Gasteiger partial charge in [-0.15, -0.1) is 0 Å². The van der Waals surface area contributed by atoms with Gasteiger partial charge in [-0.3, -0.25) is 9.78 Å². The number of aromatic nitrogens is 1. The van der Waals surface area contributed by atoms with Crippen LogP contribution in [0.1, 0.15) is 37.7 Å². The van der Waals surface area contributed by atoms with Gasteiger partial charge >= 0.3 is 0 Å². The van der Waals surface area contributed by atoms with E-state index >= 15 is 0 Å². The number of methoxy groups -OCH3 is 1. The number of hydrogen-bond acceptors (Lipinski definition) is 4. The molecule has 1 aliphatic heterocycles. The van der Waals surface area contributed by atoms with E-state index in [2.05, 4.69) is 4.98 Å². The van der Waals surface area contributed by atoms with Crippen LogP contribution in [0.5, 0.6) is 0 Å². The number of carbonyl (C=O) groups is 1. The maximum atomic E-state index is 12.6. The molecular formula is C17H24N2O3. The number of rotatable bonds is 4. The van der Waals surface area contributed by atoms with E-state index in [0.717, 1.165) is 31.4 Å². The third kappa shape index (κ3) is 2.88. The van der Waals surface area contributed by atoms with E-state index in [1.165, 1.54) is 0 Å². The molecule has 0 unspecified atom stereocenters. The van der Waals surface area contributed by atoms with Crippen molar-refractivity contribution in [1.82, 2.24) is 9.88 Å². The lowest BCUT2D eigenvalue weighted by atomic mass is 9.79.